The van der Waals surface area contributed by atoms with Gasteiger partial charge in [-0.05, 0) is 42.9 Å². The summed E-state index contributed by atoms with van der Waals surface area (Å²) in [7, 11) is 0. The molecule has 0 amide bonds. The maximum Gasteiger partial charge on any atom is 0.0649 e. The predicted octanol–water partition coefficient (Wildman–Crippen LogP) is 3.75. The number of aliphatic hydroxyl groups is 1. The van der Waals surface area contributed by atoms with E-state index in [2.05, 4.69) is 27.7 Å². The van der Waals surface area contributed by atoms with Gasteiger partial charge in [-0.25, -0.2) is 0 Å². The van der Waals surface area contributed by atoms with E-state index < -0.39 is 0 Å². The van der Waals surface area contributed by atoms with E-state index in [-0.39, 0.29) is 16.9 Å². The van der Waals surface area contributed by atoms with Crippen LogP contribution in [0.15, 0.2) is 0 Å². The summed E-state index contributed by atoms with van der Waals surface area (Å²) >= 11 is 0. The van der Waals surface area contributed by atoms with Crippen molar-refractivity contribution in [2.45, 2.75) is 72.3 Å². The van der Waals surface area contributed by atoms with Gasteiger partial charge in [0, 0.05) is 0 Å². The molecule has 0 aromatic heterocycles. The van der Waals surface area contributed by atoms with E-state index in [0.717, 1.165) is 19.3 Å². The fourth-order valence-electron chi connectivity index (χ4n) is 3.22. The Morgan fingerprint density at radius 3 is 2.07 bits per heavy atom. The molecule has 84 valence electrons. The van der Waals surface area contributed by atoms with Crippen LogP contribution in [0.5, 0.6) is 0 Å². The molecular formula is C13H26O. The van der Waals surface area contributed by atoms with Crippen molar-refractivity contribution in [1.82, 2.24) is 0 Å². The van der Waals surface area contributed by atoms with E-state index in [1.165, 1.54) is 19.3 Å². The summed E-state index contributed by atoms with van der Waals surface area (Å²) in [5, 5.41) is 10.5. The molecule has 0 aromatic carbocycles. The lowest BCUT2D eigenvalue weighted by Gasteiger charge is -2.50. The molecule has 1 rings (SSSR count). The first kappa shape index (κ1) is 12.0. The van der Waals surface area contributed by atoms with E-state index in [4.69, 9.17) is 0 Å². The Bertz CT molecular complexity index is 184. The number of hydrogen-bond acceptors (Lipinski definition) is 1. The van der Waals surface area contributed by atoms with Crippen molar-refractivity contribution >= 4 is 0 Å². The first-order valence-electron chi connectivity index (χ1n) is 6.22. The van der Waals surface area contributed by atoms with E-state index >= 15 is 0 Å². The molecule has 1 N–H and O–H groups in total. The van der Waals surface area contributed by atoms with Crippen LogP contribution in [0.1, 0.15) is 66.2 Å². The largest absolute Gasteiger partial charge is 0.392 e. The van der Waals surface area contributed by atoms with Crippen LogP contribution in [-0.2, 0) is 0 Å². The van der Waals surface area contributed by atoms with Crippen LogP contribution < -0.4 is 0 Å². The fraction of sp³-hybridized carbons (Fsp3) is 1.00. The molecule has 1 saturated carbocycles. The third-order valence-electron chi connectivity index (χ3n) is 4.88. The molecule has 1 fully saturated rings. The number of hydrogen-bond donors (Lipinski definition) is 1. The molecule has 0 saturated heterocycles. The van der Waals surface area contributed by atoms with Gasteiger partial charge >= 0.3 is 0 Å². The Kier molecular flexibility index (Phi) is 3.63. The van der Waals surface area contributed by atoms with Gasteiger partial charge in [0.1, 0.15) is 0 Å². The molecular weight excluding hydrogens is 172 g/mol. The summed E-state index contributed by atoms with van der Waals surface area (Å²) in [6, 6.07) is 0. The maximum absolute atomic E-state index is 10.5. The van der Waals surface area contributed by atoms with Crippen LogP contribution >= 0.6 is 0 Å². The van der Waals surface area contributed by atoms with Gasteiger partial charge in [0.2, 0.25) is 0 Å². The second-order valence-electron chi connectivity index (χ2n) is 5.33. The van der Waals surface area contributed by atoms with Gasteiger partial charge in [0.05, 0.1) is 6.10 Å². The predicted molar refractivity (Wildman–Crippen MR) is 61.3 cm³/mol. The van der Waals surface area contributed by atoms with Gasteiger partial charge in [-0.1, -0.05) is 34.1 Å². The monoisotopic (exact) mass is 198 g/mol. The average molecular weight is 198 g/mol. The van der Waals surface area contributed by atoms with Crippen LogP contribution in [-0.4, -0.2) is 11.2 Å². The van der Waals surface area contributed by atoms with Crippen molar-refractivity contribution in [3.8, 4) is 0 Å². The standard InChI is InChI=1S/C13H26O/c1-5-12(4)9-8-10-13(6-2,7-3)11(12)14/h11,14H,5-10H2,1-4H3. The Balaban J connectivity index is 2.89. The third kappa shape index (κ3) is 1.71. The van der Waals surface area contributed by atoms with Gasteiger partial charge in [0.15, 0.2) is 0 Å². The van der Waals surface area contributed by atoms with Crippen molar-refractivity contribution in [3.63, 3.8) is 0 Å². The second-order valence-corrected chi connectivity index (χ2v) is 5.33. The number of rotatable bonds is 3. The normalized spacial score (nSPS) is 37.1. The molecule has 1 aliphatic rings. The van der Waals surface area contributed by atoms with Gasteiger partial charge in [-0.15, -0.1) is 0 Å². The number of aliphatic hydroxyl groups excluding tert-OH is 1. The van der Waals surface area contributed by atoms with E-state index in [1.54, 1.807) is 0 Å². The topological polar surface area (TPSA) is 20.2 Å². The summed E-state index contributed by atoms with van der Waals surface area (Å²) in [4.78, 5) is 0. The van der Waals surface area contributed by atoms with Crippen LogP contribution in [0.4, 0.5) is 0 Å². The SMILES string of the molecule is CCC1(C)CCCC(CC)(CC)C1O. The van der Waals surface area contributed by atoms with Gasteiger partial charge < -0.3 is 5.11 Å². The van der Waals surface area contributed by atoms with Gasteiger partial charge in [0.25, 0.3) is 0 Å². The summed E-state index contributed by atoms with van der Waals surface area (Å²) in [5.74, 6) is 0. The summed E-state index contributed by atoms with van der Waals surface area (Å²) in [5.41, 5.74) is 0.382. The van der Waals surface area contributed by atoms with E-state index in [0.29, 0.717) is 0 Å². The van der Waals surface area contributed by atoms with Crippen molar-refractivity contribution < 1.29 is 5.11 Å². The molecule has 1 heteroatoms. The molecule has 0 bridgehead atoms. The van der Waals surface area contributed by atoms with Crippen molar-refractivity contribution in [1.29, 1.82) is 0 Å². The maximum atomic E-state index is 10.5. The van der Waals surface area contributed by atoms with E-state index in [1.807, 2.05) is 0 Å². The molecule has 1 aliphatic carbocycles. The Hall–Kier alpha value is -0.0400. The highest BCUT2D eigenvalue weighted by Crippen LogP contribution is 2.51. The lowest BCUT2D eigenvalue weighted by molar-refractivity contribution is -0.107. The van der Waals surface area contributed by atoms with Crippen LogP contribution in [0, 0.1) is 10.8 Å². The van der Waals surface area contributed by atoms with E-state index in [9.17, 15) is 5.11 Å². The highest BCUT2D eigenvalue weighted by atomic mass is 16.3. The zero-order valence-corrected chi connectivity index (χ0v) is 10.3. The Labute approximate surface area is 88.9 Å². The van der Waals surface area contributed by atoms with Crippen LogP contribution in [0.25, 0.3) is 0 Å². The summed E-state index contributed by atoms with van der Waals surface area (Å²) < 4.78 is 0. The fourth-order valence-corrected chi connectivity index (χ4v) is 3.22. The Morgan fingerprint density at radius 2 is 1.64 bits per heavy atom. The highest BCUT2D eigenvalue weighted by Gasteiger charge is 2.47. The minimum absolute atomic E-state index is 0.0938. The summed E-state index contributed by atoms with van der Waals surface area (Å²) in [6.07, 6.45) is 6.98. The molecule has 2 unspecified atom stereocenters. The van der Waals surface area contributed by atoms with Crippen molar-refractivity contribution in [2.75, 3.05) is 0 Å². The quantitative estimate of drug-likeness (QED) is 0.732. The molecule has 2 atom stereocenters. The van der Waals surface area contributed by atoms with Crippen molar-refractivity contribution in [2.24, 2.45) is 10.8 Å². The van der Waals surface area contributed by atoms with Crippen LogP contribution in [0.2, 0.25) is 0 Å². The zero-order valence-electron chi connectivity index (χ0n) is 10.3. The second kappa shape index (κ2) is 4.22. The first-order chi connectivity index (χ1) is 6.54. The highest BCUT2D eigenvalue weighted by molar-refractivity contribution is 4.98. The summed E-state index contributed by atoms with van der Waals surface area (Å²) in [6.45, 7) is 8.93. The lowest BCUT2D eigenvalue weighted by Crippen LogP contribution is -2.49. The van der Waals surface area contributed by atoms with Gasteiger partial charge in [-0.2, -0.15) is 0 Å². The molecule has 0 aromatic rings. The molecule has 0 aliphatic heterocycles. The molecule has 14 heavy (non-hydrogen) atoms. The van der Waals surface area contributed by atoms with Gasteiger partial charge in [-0.3, -0.25) is 0 Å². The smallest absolute Gasteiger partial charge is 0.0649 e. The minimum Gasteiger partial charge on any atom is -0.392 e. The van der Waals surface area contributed by atoms with Crippen LogP contribution in [0.3, 0.4) is 0 Å². The Morgan fingerprint density at radius 1 is 1.07 bits per heavy atom. The molecule has 0 spiro atoms. The average Bonchev–Trinajstić information content (AvgIpc) is 2.23. The first-order valence-corrected chi connectivity index (χ1v) is 6.22. The molecule has 1 nitrogen and oxygen atoms in total. The van der Waals surface area contributed by atoms with Crippen molar-refractivity contribution in [3.05, 3.63) is 0 Å². The molecule has 0 radical (unpaired) electrons. The third-order valence-corrected chi connectivity index (χ3v) is 4.88. The minimum atomic E-state index is -0.0938. The zero-order chi connectivity index (χ0) is 10.8. The lowest BCUT2D eigenvalue weighted by atomic mass is 9.57. The molecule has 0 heterocycles.